The highest BCUT2D eigenvalue weighted by atomic mass is 16.2. The van der Waals surface area contributed by atoms with Crippen molar-refractivity contribution in [3.63, 3.8) is 0 Å². The van der Waals surface area contributed by atoms with Crippen molar-refractivity contribution in [2.75, 3.05) is 5.32 Å². The van der Waals surface area contributed by atoms with Crippen LogP contribution in [0.15, 0.2) is 18.5 Å². The SMILES string of the molecule is NC1(C(=O)Nc2ncccn2)CC1. The van der Waals surface area contributed by atoms with Crippen molar-refractivity contribution in [1.29, 1.82) is 0 Å². The van der Waals surface area contributed by atoms with Crippen molar-refractivity contribution >= 4 is 11.9 Å². The predicted molar refractivity (Wildman–Crippen MR) is 46.8 cm³/mol. The molecule has 5 heteroatoms. The first-order valence-corrected chi connectivity index (χ1v) is 4.08. The van der Waals surface area contributed by atoms with E-state index in [1.54, 1.807) is 18.5 Å². The van der Waals surface area contributed by atoms with Crippen molar-refractivity contribution in [3.05, 3.63) is 18.5 Å². The molecule has 0 spiro atoms. The average Bonchev–Trinajstić information content (AvgIpc) is 2.87. The van der Waals surface area contributed by atoms with E-state index in [1.165, 1.54) is 0 Å². The van der Waals surface area contributed by atoms with Crippen molar-refractivity contribution in [3.8, 4) is 0 Å². The Morgan fingerprint density at radius 2 is 2.08 bits per heavy atom. The van der Waals surface area contributed by atoms with E-state index in [-0.39, 0.29) is 5.91 Å². The number of carbonyl (C=O) groups is 1. The van der Waals surface area contributed by atoms with Crippen LogP contribution in [0, 0.1) is 0 Å². The van der Waals surface area contributed by atoms with Crippen LogP contribution in [0.2, 0.25) is 0 Å². The van der Waals surface area contributed by atoms with Gasteiger partial charge in [0.05, 0.1) is 5.54 Å². The molecule has 0 saturated heterocycles. The van der Waals surface area contributed by atoms with Gasteiger partial charge in [-0.05, 0) is 18.9 Å². The molecule has 2 rings (SSSR count). The number of nitrogens with two attached hydrogens (primary N) is 1. The predicted octanol–water partition coefficient (Wildman–Crippen LogP) is -0.0936. The molecule has 0 aromatic carbocycles. The molecule has 0 atom stereocenters. The second kappa shape index (κ2) is 2.77. The standard InChI is InChI=1S/C8H10N4O/c9-8(2-3-8)6(13)12-7-10-4-1-5-11-7/h1,4-5H,2-3,9H2,(H,10,11,12,13). The number of amides is 1. The van der Waals surface area contributed by atoms with Crippen molar-refractivity contribution in [2.45, 2.75) is 18.4 Å². The summed E-state index contributed by atoms with van der Waals surface area (Å²) in [5.74, 6) is 0.114. The zero-order valence-corrected chi connectivity index (χ0v) is 7.03. The van der Waals surface area contributed by atoms with E-state index in [2.05, 4.69) is 15.3 Å². The first kappa shape index (κ1) is 8.12. The van der Waals surface area contributed by atoms with Crippen LogP contribution in [0.25, 0.3) is 0 Å². The fourth-order valence-corrected chi connectivity index (χ4v) is 0.951. The van der Waals surface area contributed by atoms with Crippen LogP contribution in [0.3, 0.4) is 0 Å². The minimum absolute atomic E-state index is 0.196. The first-order valence-electron chi connectivity index (χ1n) is 4.08. The second-order valence-electron chi connectivity index (χ2n) is 3.18. The molecule has 1 aromatic rings. The number of carbonyl (C=O) groups excluding carboxylic acids is 1. The molecule has 0 aliphatic heterocycles. The molecule has 1 amide bonds. The van der Waals surface area contributed by atoms with E-state index in [9.17, 15) is 4.79 Å². The highest BCUT2D eigenvalue weighted by molar-refractivity contribution is 5.98. The van der Waals surface area contributed by atoms with E-state index in [1.807, 2.05) is 0 Å². The molecule has 13 heavy (non-hydrogen) atoms. The molecule has 1 aliphatic carbocycles. The molecule has 3 N–H and O–H groups in total. The molecule has 1 heterocycles. The van der Waals surface area contributed by atoms with E-state index >= 15 is 0 Å². The van der Waals surface area contributed by atoms with Gasteiger partial charge in [0.2, 0.25) is 11.9 Å². The van der Waals surface area contributed by atoms with Gasteiger partial charge in [-0.25, -0.2) is 9.97 Å². The third-order valence-corrected chi connectivity index (χ3v) is 2.03. The fourth-order valence-electron chi connectivity index (χ4n) is 0.951. The maximum atomic E-state index is 11.4. The molecular weight excluding hydrogens is 168 g/mol. The third-order valence-electron chi connectivity index (χ3n) is 2.03. The minimum Gasteiger partial charge on any atom is -0.317 e. The number of nitrogens with one attached hydrogen (secondary N) is 1. The fraction of sp³-hybridized carbons (Fsp3) is 0.375. The van der Waals surface area contributed by atoms with E-state index in [0.29, 0.717) is 5.95 Å². The normalized spacial score (nSPS) is 17.9. The Bertz CT molecular complexity index is 320. The van der Waals surface area contributed by atoms with Gasteiger partial charge in [0.25, 0.3) is 0 Å². The Balaban J connectivity index is 2.03. The Kier molecular flexibility index (Phi) is 1.73. The Labute approximate surface area is 75.4 Å². The zero-order valence-electron chi connectivity index (χ0n) is 7.03. The van der Waals surface area contributed by atoms with Crippen LogP contribution >= 0.6 is 0 Å². The zero-order chi connectivity index (χ0) is 9.31. The lowest BCUT2D eigenvalue weighted by atomic mass is 10.3. The molecule has 1 aliphatic rings. The van der Waals surface area contributed by atoms with E-state index in [0.717, 1.165) is 12.8 Å². The number of anilines is 1. The Morgan fingerprint density at radius 3 is 2.62 bits per heavy atom. The summed E-state index contributed by atoms with van der Waals surface area (Å²) in [4.78, 5) is 19.1. The number of aromatic nitrogens is 2. The summed E-state index contributed by atoms with van der Waals surface area (Å²) in [6.45, 7) is 0. The van der Waals surface area contributed by atoms with E-state index in [4.69, 9.17) is 5.73 Å². The number of nitrogens with zero attached hydrogens (tertiary/aromatic N) is 2. The van der Waals surface area contributed by atoms with Gasteiger partial charge in [0, 0.05) is 12.4 Å². The van der Waals surface area contributed by atoms with Gasteiger partial charge in [-0.3, -0.25) is 10.1 Å². The van der Waals surface area contributed by atoms with Crippen molar-refractivity contribution in [1.82, 2.24) is 9.97 Å². The van der Waals surface area contributed by atoms with Gasteiger partial charge >= 0.3 is 0 Å². The van der Waals surface area contributed by atoms with Crippen LogP contribution in [-0.4, -0.2) is 21.4 Å². The lowest BCUT2D eigenvalue weighted by Crippen LogP contribution is -2.38. The largest absolute Gasteiger partial charge is 0.317 e. The first-order chi connectivity index (χ1) is 6.21. The van der Waals surface area contributed by atoms with Crippen LogP contribution in [-0.2, 0) is 4.79 Å². The van der Waals surface area contributed by atoms with Gasteiger partial charge in [0.15, 0.2) is 0 Å². The number of rotatable bonds is 2. The molecule has 68 valence electrons. The summed E-state index contributed by atoms with van der Waals surface area (Å²) in [5.41, 5.74) is 5.00. The highest BCUT2D eigenvalue weighted by Crippen LogP contribution is 2.32. The number of hydrogen-bond donors (Lipinski definition) is 2. The summed E-state index contributed by atoms with van der Waals surface area (Å²) in [5, 5.41) is 2.56. The topological polar surface area (TPSA) is 80.9 Å². The summed E-state index contributed by atoms with van der Waals surface area (Å²) < 4.78 is 0. The van der Waals surface area contributed by atoms with Gasteiger partial charge in [-0.1, -0.05) is 0 Å². The molecule has 5 nitrogen and oxygen atoms in total. The maximum absolute atomic E-state index is 11.4. The summed E-state index contributed by atoms with van der Waals surface area (Å²) >= 11 is 0. The molecule has 0 bridgehead atoms. The molecule has 0 radical (unpaired) electrons. The van der Waals surface area contributed by atoms with Crippen LogP contribution in [0.1, 0.15) is 12.8 Å². The van der Waals surface area contributed by atoms with Crippen LogP contribution in [0.5, 0.6) is 0 Å². The van der Waals surface area contributed by atoms with Gasteiger partial charge in [-0.15, -0.1) is 0 Å². The maximum Gasteiger partial charge on any atom is 0.246 e. The van der Waals surface area contributed by atoms with Crippen LogP contribution in [0.4, 0.5) is 5.95 Å². The minimum atomic E-state index is -0.667. The summed E-state index contributed by atoms with van der Waals surface area (Å²) in [6.07, 6.45) is 4.62. The molecule has 1 saturated carbocycles. The van der Waals surface area contributed by atoms with Crippen molar-refractivity contribution < 1.29 is 4.79 Å². The summed E-state index contributed by atoms with van der Waals surface area (Å²) in [7, 11) is 0. The van der Waals surface area contributed by atoms with Gasteiger partial charge in [0.1, 0.15) is 0 Å². The third kappa shape index (κ3) is 1.65. The quantitative estimate of drug-likeness (QED) is 0.663. The Morgan fingerprint density at radius 1 is 1.46 bits per heavy atom. The molecular formula is C8H10N4O. The lowest BCUT2D eigenvalue weighted by molar-refractivity contribution is -0.118. The summed E-state index contributed by atoms with van der Waals surface area (Å²) in [6, 6.07) is 1.69. The average molecular weight is 178 g/mol. The Hall–Kier alpha value is -1.49. The van der Waals surface area contributed by atoms with Crippen molar-refractivity contribution in [2.24, 2.45) is 5.73 Å². The molecule has 1 aromatic heterocycles. The lowest BCUT2D eigenvalue weighted by Gasteiger charge is -2.07. The molecule has 0 unspecified atom stereocenters. The number of hydrogen-bond acceptors (Lipinski definition) is 4. The van der Waals surface area contributed by atoms with Crippen LogP contribution < -0.4 is 11.1 Å². The van der Waals surface area contributed by atoms with Gasteiger partial charge in [-0.2, -0.15) is 0 Å². The van der Waals surface area contributed by atoms with E-state index < -0.39 is 5.54 Å². The smallest absolute Gasteiger partial charge is 0.246 e. The second-order valence-corrected chi connectivity index (χ2v) is 3.18. The highest BCUT2D eigenvalue weighted by Gasteiger charge is 2.46. The van der Waals surface area contributed by atoms with Gasteiger partial charge < -0.3 is 5.73 Å². The molecule has 1 fully saturated rings. The monoisotopic (exact) mass is 178 g/mol.